The second-order valence-corrected chi connectivity index (χ2v) is 3.14. The number of aliphatic imine (C=N–C) groups is 2. The van der Waals surface area contributed by atoms with E-state index in [-0.39, 0.29) is 5.71 Å². The summed E-state index contributed by atoms with van der Waals surface area (Å²) < 4.78 is 0. The Morgan fingerprint density at radius 1 is 1.59 bits per heavy atom. The van der Waals surface area contributed by atoms with E-state index in [1.54, 1.807) is 11.9 Å². The first-order valence-corrected chi connectivity index (χ1v) is 5.04. The minimum atomic E-state index is -1.12. The maximum atomic E-state index is 11.1. The summed E-state index contributed by atoms with van der Waals surface area (Å²) >= 11 is 0. The Hall–Kier alpha value is -2.11. The van der Waals surface area contributed by atoms with Gasteiger partial charge in [-0.05, 0) is 13.1 Å². The molecule has 0 aromatic heterocycles. The predicted molar refractivity (Wildman–Crippen MR) is 69.0 cm³/mol. The molecule has 0 amide bonds. The van der Waals surface area contributed by atoms with Crippen LogP contribution in [0.1, 0.15) is 13.3 Å². The highest BCUT2D eigenvalue weighted by molar-refractivity contribution is 6.42. The number of allylic oxidation sites excluding steroid dienone is 1. The highest BCUT2D eigenvalue weighted by Gasteiger charge is 2.20. The number of hydrogen-bond donors (Lipinski definition) is 2. The summed E-state index contributed by atoms with van der Waals surface area (Å²) in [5.74, 6) is -1.12. The number of nitrogens with zero attached hydrogens (tertiary/aromatic N) is 3. The van der Waals surface area contributed by atoms with Gasteiger partial charge in [0.2, 0.25) is 0 Å². The summed E-state index contributed by atoms with van der Waals surface area (Å²) in [5, 5.41) is 9.09. The number of carboxylic acid groups (broad SMARTS) is 1. The number of carbonyl (C=O) groups is 1. The van der Waals surface area contributed by atoms with Crippen molar-refractivity contribution in [2.75, 3.05) is 14.1 Å². The number of nitrogens with two attached hydrogens (primary N) is 1. The smallest absolute Gasteiger partial charge is 0.356 e. The van der Waals surface area contributed by atoms with Crippen LogP contribution >= 0.6 is 0 Å². The topological polar surface area (TPSA) is 91.3 Å². The lowest BCUT2D eigenvalue weighted by molar-refractivity contribution is -0.129. The Kier molecular flexibility index (Phi) is 6.32. The molecule has 17 heavy (non-hydrogen) atoms. The van der Waals surface area contributed by atoms with Gasteiger partial charge < -0.3 is 15.7 Å². The SMILES string of the molecule is C=N/C(CC)=C(\C(=NC)C(=O)O)N(C)/C=C/N. The van der Waals surface area contributed by atoms with Gasteiger partial charge >= 0.3 is 5.97 Å². The van der Waals surface area contributed by atoms with Crippen LogP contribution in [0.3, 0.4) is 0 Å². The van der Waals surface area contributed by atoms with Crippen LogP contribution in [-0.4, -0.2) is 42.5 Å². The van der Waals surface area contributed by atoms with E-state index in [1.807, 2.05) is 6.92 Å². The van der Waals surface area contributed by atoms with E-state index >= 15 is 0 Å². The van der Waals surface area contributed by atoms with Crippen molar-refractivity contribution in [3.8, 4) is 0 Å². The molecule has 0 radical (unpaired) electrons. The lowest BCUT2D eigenvalue weighted by Gasteiger charge is -2.20. The van der Waals surface area contributed by atoms with Gasteiger partial charge in [0.25, 0.3) is 0 Å². The highest BCUT2D eigenvalue weighted by Crippen LogP contribution is 2.16. The Morgan fingerprint density at radius 3 is 2.47 bits per heavy atom. The number of hydrogen-bond acceptors (Lipinski definition) is 5. The minimum absolute atomic E-state index is 0.0742. The molecule has 0 unspecified atom stereocenters. The van der Waals surface area contributed by atoms with Crippen LogP contribution in [0, 0.1) is 0 Å². The molecule has 0 aromatic carbocycles. The average Bonchev–Trinajstić information content (AvgIpc) is 2.29. The highest BCUT2D eigenvalue weighted by atomic mass is 16.4. The molecule has 0 saturated heterocycles. The zero-order valence-corrected chi connectivity index (χ0v) is 10.3. The second-order valence-electron chi connectivity index (χ2n) is 3.14. The van der Waals surface area contributed by atoms with Gasteiger partial charge in [0.05, 0.1) is 11.4 Å². The van der Waals surface area contributed by atoms with E-state index in [4.69, 9.17) is 10.8 Å². The van der Waals surface area contributed by atoms with Gasteiger partial charge in [0.15, 0.2) is 5.71 Å². The Bertz CT molecular complexity index is 383. The minimum Gasteiger partial charge on any atom is -0.476 e. The van der Waals surface area contributed by atoms with E-state index in [2.05, 4.69) is 16.7 Å². The number of carboxylic acids is 1. The van der Waals surface area contributed by atoms with Crippen LogP contribution in [0.15, 0.2) is 33.8 Å². The molecule has 0 aliphatic rings. The fourth-order valence-corrected chi connectivity index (χ4v) is 1.37. The normalized spacial score (nSPS) is 13.5. The van der Waals surface area contributed by atoms with Gasteiger partial charge in [-0.25, -0.2) is 4.79 Å². The van der Waals surface area contributed by atoms with Crippen LogP contribution < -0.4 is 5.73 Å². The quantitative estimate of drug-likeness (QED) is 0.670. The third kappa shape index (κ3) is 3.75. The van der Waals surface area contributed by atoms with Crippen molar-refractivity contribution in [2.24, 2.45) is 15.7 Å². The molecule has 0 heterocycles. The molecule has 0 rings (SSSR count). The summed E-state index contributed by atoms with van der Waals surface area (Å²) in [6, 6.07) is 0. The molecule has 3 N–H and O–H groups in total. The lowest BCUT2D eigenvalue weighted by Crippen LogP contribution is -2.27. The summed E-state index contributed by atoms with van der Waals surface area (Å²) in [6.45, 7) is 5.29. The van der Waals surface area contributed by atoms with E-state index in [1.165, 1.54) is 19.4 Å². The molecule has 0 atom stereocenters. The van der Waals surface area contributed by atoms with E-state index in [0.717, 1.165) is 0 Å². The molecular weight excluding hydrogens is 220 g/mol. The van der Waals surface area contributed by atoms with Gasteiger partial charge in [-0.3, -0.25) is 9.98 Å². The van der Waals surface area contributed by atoms with Crippen molar-refractivity contribution in [3.63, 3.8) is 0 Å². The summed E-state index contributed by atoms with van der Waals surface area (Å²) in [7, 11) is 3.09. The van der Waals surface area contributed by atoms with Crippen LogP contribution in [0.25, 0.3) is 0 Å². The van der Waals surface area contributed by atoms with E-state index in [9.17, 15) is 4.79 Å². The number of aliphatic carboxylic acids is 1. The van der Waals surface area contributed by atoms with Gasteiger partial charge in [-0.2, -0.15) is 0 Å². The lowest BCUT2D eigenvalue weighted by atomic mass is 10.1. The first-order valence-electron chi connectivity index (χ1n) is 5.04. The molecule has 0 spiro atoms. The van der Waals surface area contributed by atoms with Crippen molar-refractivity contribution < 1.29 is 9.90 Å². The van der Waals surface area contributed by atoms with Crippen LogP contribution in [0.2, 0.25) is 0 Å². The fourth-order valence-electron chi connectivity index (χ4n) is 1.37. The third-order valence-electron chi connectivity index (χ3n) is 2.11. The Balaban J connectivity index is 5.79. The van der Waals surface area contributed by atoms with Gasteiger partial charge in [0.1, 0.15) is 0 Å². The number of rotatable bonds is 6. The van der Waals surface area contributed by atoms with E-state index < -0.39 is 5.97 Å². The molecule has 0 aromatic rings. The predicted octanol–water partition coefficient (Wildman–Crippen LogP) is 0.826. The van der Waals surface area contributed by atoms with Crippen LogP contribution in [0.5, 0.6) is 0 Å². The van der Waals surface area contributed by atoms with Crippen molar-refractivity contribution in [3.05, 3.63) is 23.8 Å². The zero-order chi connectivity index (χ0) is 13.4. The summed E-state index contributed by atoms with van der Waals surface area (Å²) in [5.41, 5.74) is 6.15. The van der Waals surface area contributed by atoms with Crippen LogP contribution in [0.4, 0.5) is 0 Å². The summed E-state index contributed by atoms with van der Waals surface area (Å²) in [4.78, 5) is 20.3. The fraction of sp³-hybridized carbons (Fsp3) is 0.364. The molecule has 0 bridgehead atoms. The van der Waals surface area contributed by atoms with Crippen LogP contribution in [-0.2, 0) is 4.79 Å². The van der Waals surface area contributed by atoms with Crippen molar-refractivity contribution >= 4 is 18.4 Å². The maximum absolute atomic E-state index is 11.1. The molecule has 0 aliphatic heterocycles. The van der Waals surface area contributed by atoms with Gasteiger partial charge in [-0.15, -0.1) is 0 Å². The first-order chi connectivity index (χ1) is 8.03. The van der Waals surface area contributed by atoms with Crippen molar-refractivity contribution in [1.82, 2.24) is 4.90 Å². The monoisotopic (exact) mass is 238 g/mol. The third-order valence-corrected chi connectivity index (χ3v) is 2.11. The largest absolute Gasteiger partial charge is 0.476 e. The molecule has 0 aliphatic carbocycles. The molecule has 0 fully saturated rings. The van der Waals surface area contributed by atoms with E-state index in [0.29, 0.717) is 17.8 Å². The van der Waals surface area contributed by atoms with Crippen molar-refractivity contribution in [1.29, 1.82) is 0 Å². The Labute approximate surface area is 101 Å². The Morgan fingerprint density at radius 2 is 2.18 bits per heavy atom. The molecule has 0 saturated carbocycles. The maximum Gasteiger partial charge on any atom is 0.356 e. The van der Waals surface area contributed by atoms with Crippen molar-refractivity contribution in [2.45, 2.75) is 13.3 Å². The second kappa shape index (κ2) is 7.21. The molecule has 6 heteroatoms. The average molecular weight is 238 g/mol. The molecule has 94 valence electrons. The first kappa shape index (κ1) is 14.9. The molecule has 6 nitrogen and oxygen atoms in total. The standard InChI is InChI=1S/C11H18N4O2/c1-5-8(13-2)10(15(4)7-6-12)9(14-3)11(16)17/h6-7H,2,5,12H2,1,3-4H3,(H,16,17)/b7-6+,10-8+,14-9?. The summed E-state index contributed by atoms with van der Waals surface area (Å²) in [6.07, 6.45) is 3.39. The van der Waals surface area contributed by atoms with Gasteiger partial charge in [0, 0.05) is 26.5 Å². The molecular formula is C11H18N4O2. The zero-order valence-electron chi connectivity index (χ0n) is 10.3. The van der Waals surface area contributed by atoms with Gasteiger partial charge in [-0.1, -0.05) is 6.92 Å².